The second kappa shape index (κ2) is 8.58. The lowest BCUT2D eigenvalue weighted by molar-refractivity contribution is 0.413. The molecule has 5 heteroatoms. The van der Waals surface area contributed by atoms with Gasteiger partial charge in [0.1, 0.15) is 11.9 Å². The molecule has 0 radical (unpaired) electrons. The van der Waals surface area contributed by atoms with Gasteiger partial charge in [0.25, 0.3) is 0 Å². The van der Waals surface area contributed by atoms with Gasteiger partial charge in [0.15, 0.2) is 0 Å². The minimum atomic E-state index is -0.272. The van der Waals surface area contributed by atoms with Crippen LogP contribution in [0.2, 0.25) is 10.0 Å². The minimum absolute atomic E-state index is 0.129. The van der Waals surface area contributed by atoms with Gasteiger partial charge in [-0.1, -0.05) is 66.5 Å². The normalized spacial score (nSPS) is 19.1. The monoisotopic (exact) mass is 424 g/mol. The SMILES string of the molecule is CCc1ccc(C2=N[C@H](c3cccc(Cl)c3)N[C@@H](c3cc(Cl)ccc3O)C2)cc1. The lowest BCUT2D eigenvalue weighted by atomic mass is 9.93. The Hall–Kier alpha value is -2.33. The third kappa shape index (κ3) is 4.48. The number of phenols is 1. The number of aromatic hydroxyl groups is 1. The molecule has 0 saturated heterocycles. The summed E-state index contributed by atoms with van der Waals surface area (Å²) in [6.45, 7) is 2.14. The maximum atomic E-state index is 10.5. The van der Waals surface area contributed by atoms with E-state index in [2.05, 4.69) is 36.5 Å². The Morgan fingerprint density at radius 1 is 1.00 bits per heavy atom. The molecular weight excluding hydrogens is 403 g/mol. The first kappa shape index (κ1) is 20.0. The summed E-state index contributed by atoms with van der Waals surface area (Å²) in [5.41, 5.74) is 5.11. The van der Waals surface area contributed by atoms with E-state index in [1.165, 1.54) is 5.56 Å². The van der Waals surface area contributed by atoms with Gasteiger partial charge in [-0.3, -0.25) is 10.3 Å². The molecule has 148 valence electrons. The van der Waals surface area contributed by atoms with Crippen molar-refractivity contribution in [1.29, 1.82) is 0 Å². The van der Waals surface area contributed by atoms with Crippen LogP contribution in [0.1, 0.15) is 47.8 Å². The van der Waals surface area contributed by atoms with Crippen LogP contribution in [-0.4, -0.2) is 10.8 Å². The Labute approximate surface area is 181 Å². The molecule has 0 spiro atoms. The molecule has 3 nitrogen and oxygen atoms in total. The summed E-state index contributed by atoms with van der Waals surface area (Å²) in [6.07, 6.45) is 1.38. The highest BCUT2D eigenvalue weighted by atomic mass is 35.5. The zero-order valence-electron chi connectivity index (χ0n) is 16.1. The van der Waals surface area contributed by atoms with Crippen molar-refractivity contribution in [3.05, 3.63) is 99.0 Å². The van der Waals surface area contributed by atoms with Gasteiger partial charge < -0.3 is 5.11 Å². The Morgan fingerprint density at radius 3 is 2.48 bits per heavy atom. The van der Waals surface area contributed by atoms with Crippen LogP contribution in [0.25, 0.3) is 0 Å². The van der Waals surface area contributed by atoms with Gasteiger partial charge in [0.2, 0.25) is 0 Å². The van der Waals surface area contributed by atoms with Gasteiger partial charge in [-0.25, -0.2) is 0 Å². The van der Waals surface area contributed by atoms with E-state index in [-0.39, 0.29) is 18.0 Å². The average molecular weight is 425 g/mol. The van der Waals surface area contributed by atoms with Crippen LogP contribution in [0.3, 0.4) is 0 Å². The fourth-order valence-corrected chi connectivity index (χ4v) is 4.04. The van der Waals surface area contributed by atoms with E-state index in [1.807, 2.05) is 30.3 Å². The summed E-state index contributed by atoms with van der Waals surface area (Å²) in [5, 5.41) is 15.3. The first-order valence-electron chi connectivity index (χ1n) is 9.69. The van der Waals surface area contributed by atoms with Gasteiger partial charge in [0.05, 0.1) is 0 Å². The Bertz CT molecular complexity index is 1050. The highest BCUT2D eigenvalue weighted by Gasteiger charge is 2.28. The number of phenolic OH excluding ortho intramolecular Hbond substituents is 1. The van der Waals surface area contributed by atoms with Crippen LogP contribution in [0, 0.1) is 0 Å². The Balaban J connectivity index is 1.76. The van der Waals surface area contributed by atoms with E-state index in [9.17, 15) is 5.11 Å². The maximum Gasteiger partial charge on any atom is 0.126 e. The molecule has 0 saturated carbocycles. The standard InChI is InChI=1S/C24H22Cl2N2O/c1-2-15-6-8-16(9-7-15)21-14-22(20-13-19(26)10-11-23(20)29)28-24(27-21)17-4-3-5-18(25)12-17/h3-13,22,24,28-29H,2,14H2,1H3/t22-,24+/m1/s1. The minimum Gasteiger partial charge on any atom is -0.508 e. The van der Waals surface area contributed by atoms with Crippen LogP contribution in [0.4, 0.5) is 0 Å². The number of aryl methyl sites for hydroxylation is 1. The van der Waals surface area contributed by atoms with Gasteiger partial charge in [-0.05, 0) is 53.4 Å². The van der Waals surface area contributed by atoms with Gasteiger partial charge in [-0.15, -0.1) is 0 Å². The lowest BCUT2D eigenvalue weighted by Gasteiger charge is -2.31. The molecule has 0 unspecified atom stereocenters. The van der Waals surface area contributed by atoms with Gasteiger partial charge in [0, 0.05) is 33.8 Å². The third-order valence-corrected chi connectivity index (χ3v) is 5.74. The van der Waals surface area contributed by atoms with E-state index >= 15 is 0 Å². The average Bonchev–Trinajstić information content (AvgIpc) is 2.75. The van der Waals surface area contributed by atoms with E-state index in [0.717, 1.165) is 28.8 Å². The van der Waals surface area contributed by atoms with Crippen molar-refractivity contribution in [1.82, 2.24) is 5.32 Å². The summed E-state index contributed by atoms with van der Waals surface area (Å²) in [5.74, 6) is 0.222. The lowest BCUT2D eigenvalue weighted by Crippen LogP contribution is -2.33. The molecule has 0 aliphatic carbocycles. The number of rotatable bonds is 4. The molecule has 3 aromatic rings. The second-order valence-electron chi connectivity index (χ2n) is 7.21. The Kier molecular flexibility index (Phi) is 5.91. The molecule has 2 N–H and O–H groups in total. The van der Waals surface area contributed by atoms with Crippen molar-refractivity contribution >= 4 is 28.9 Å². The van der Waals surface area contributed by atoms with Crippen LogP contribution >= 0.6 is 23.2 Å². The van der Waals surface area contributed by atoms with E-state index in [1.54, 1.807) is 12.1 Å². The van der Waals surface area contributed by atoms with Crippen molar-refractivity contribution in [2.75, 3.05) is 0 Å². The van der Waals surface area contributed by atoms with Gasteiger partial charge in [-0.2, -0.15) is 0 Å². The molecule has 29 heavy (non-hydrogen) atoms. The predicted molar refractivity (Wildman–Crippen MR) is 120 cm³/mol. The fraction of sp³-hybridized carbons (Fsp3) is 0.208. The number of halogens is 2. The predicted octanol–water partition coefficient (Wildman–Crippen LogP) is 6.48. The maximum absolute atomic E-state index is 10.5. The quantitative estimate of drug-likeness (QED) is 0.502. The van der Waals surface area contributed by atoms with Crippen molar-refractivity contribution in [2.24, 2.45) is 4.99 Å². The summed E-state index contributed by atoms with van der Waals surface area (Å²) >= 11 is 12.4. The molecule has 0 aromatic heterocycles. The molecule has 1 aliphatic heterocycles. The molecule has 0 amide bonds. The van der Waals surface area contributed by atoms with E-state index < -0.39 is 0 Å². The zero-order chi connectivity index (χ0) is 20.4. The number of nitrogens with zero attached hydrogens (tertiary/aromatic N) is 1. The summed E-state index contributed by atoms with van der Waals surface area (Å²) in [6, 6.07) is 21.2. The molecule has 1 heterocycles. The topological polar surface area (TPSA) is 44.6 Å². The first-order valence-corrected chi connectivity index (χ1v) is 10.4. The first-order chi connectivity index (χ1) is 14.0. The largest absolute Gasteiger partial charge is 0.508 e. The number of benzene rings is 3. The summed E-state index contributed by atoms with van der Waals surface area (Å²) < 4.78 is 0. The van der Waals surface area contributed by atoms with Crippen molar-refractivity contribution in [3.8, 4) is 5.75 Å². The van der Waals surface area contributed by atoms with Crippen LogP contribution < -0.4 is 5.32 Å². The number of aliphatic imine (C=N–C) groups is 1. The van der Waals surface area contributed by atoms with Crippen molar-refractivity contribution in [3.63, 3.8) is 0 Å². The van der Waals surface area contributed by atoms with Crippen LogP contribution in [-0.2, 0) is 6.42 Å². The highest BCUT2D eigenvalue weighted by molar-refractivity contribution is 6.31. The van der Waals surface area contributed by atoms with Gasteiger partial charge >= 0.3 is 0 Å². The summed E-state index contributed by atoms with van der Waals surface area (Å²) in [4.78, 5) is 4.98. The van der Waals surface area contributed by atoms with Crippen LogP contribution in [0.5, 0.6) is 5.75 Å². The molecule has 2 atom stereocenters. The molecule has 0 bridgehead atoms. The van der Waals surface area contributed by atoms with Crippen molar-refractivity contribution in [2.45, 2.75) is 32.0 Å². The van der Waals surface area contributed by atoms with E-state index in [4.69, 9.17) is 28.2 Å². The number of hydrogen-bond donors (Lipinski definition) is 2. The highest BCUT2D eigenvalue weighted by Crippen LogP contribution is 2.36. The third-order valence-electron chi connectivity index (χ3n) is 5.27. The summed E-state index contributed by atoms with van der Waals surface area (Å²) in [7, 11) is 0. The number of nitrogens with one attached hydrogen (secondary N) is 1. The van der Waals surface area contributed by atoms with E-state index in [0.29, 0.717) is 16.5 Å². The molecule has 0 fully saturated rings. The number of hydrogen-bond acceptors (Lipinski definition) is 3. The fourth-order valence-electron chi connectivity index (χ4n) is 3.67. The van der Waals surface area contributed by atoms with Crippen LogP contribution in [0.15, 0.2) is 71.7 Å². The molecule has 4 rings (SSSR count). The molecule has 3 aromatic carbocycles. The molecular formula is C24H22Cl2N2O. The zero-order valence-corrected chi connectivity index (χ0v) is 17.6. The smallest absolute Gasteiger partial charge is 0.126 e. The van der Waals surface area contributed by atoms with Crippen molar-refractivity contribution < 1.29 is 5.11 Å². The second-order valence-corrected chi connectivity index (χ2v) is 8.08. The molecule has 1 aliphatic rings. The Morgan fingerprint density at radius 2 is 1.76 bits per heavy atom.